The smallest absolute Gasteiger partial charge is 0.220 e. The van der Waals surface area contributed by atoms with Crippen LogP contribution in [0.2, 0.25) is 0 Å². The van der Waals surface area contributed by atoms with E-state index in [0.717, 1.165) is 19.3 Å². The molecule has 0 aromatic heterocycles. The maximum Gasteiger partial charge on any atom is 0.220 e. The van der Waals surface area contributed by atoms with Crippen molar-refractivity contribution in [3.63, 3.8) is 0 Å². The lowest BCUT2D eigenvalue weighted by molar-refractivity contribution is -0.122. The van der Waals surface area contributed by atoms with E-state index in [1.165, 1.54) is 32.1 Å². The average molecular weight is 226 g/mol. The van der Waals surface area contributed by atoms with Gasteiger partial charge in [-0.05, 0) is 19.3 Å². The molecule has 1 amide bonds. The quantitative estimate of drug-likeness (QED) is 0.593. The molecule has 0 unspecified atom stereocenters. The molecule has 0 atom stereocenters. The van der Waals surface area contributed by atoms with Gasteiger partial charge in [0, 0.05) is 13.0 Å². The zero-order chi connectivity index (χ0) is 11.9. The molecule has 1 fully saturated rings. The number of nitrogens with one attached hydrogen (secondary N) is 1. The topological polar surface area (TPSA) is 55.1 Å². The Hall–Kier alpha value is -0.570. The molecule has 16 heavy (non-hydrogen) atoms. The average Bonchev–Trinajstić information content (AvgIpc) is 3.04. The van der Waals surface area contributed by atoms with E-state index in [1.807, 2.05) is 0 Å². The molecule has 0 radical (unpaired) electrons. The maximum atomic E-state index is 11.6. The minimum absolute atomic E-state index is 0.0146. The van der Waals surface area contributed by atoms with E-state index in [-0.39, 0.29) is 11.4 Å². The SMILES string of the molecule is CCCCCCCCC(=O)NC1(CN)CC1. The van der Waals surface area contributed by atoms with Crippen molar-refractivity contribution >= 4 is 5.91 Å². The first kappa shape index (κ1) is 13.5. The van der Waals surface area contributed by atoms with Crippen molar-refractivity contribution in [2.24, 2.45) is 5.73 Å². The summed E-state index contributed by atoms with van der Waals surface area (Å²) in [6, 6.07) is 0. The van der Waals surface area contributed by atoms with Crippen LogP contribution in [0.4, 0.5) is 0 Å². The van der Waals surface area contributed by atoms with Crippen LogP contribution in [-0.4, -0.2) is 18.0 Å². The van der Waals surface area contributed by atoms with Crippen LogP contribution in [0.25, 0.3) is 0 Å². The first-order valence-electron chi connectivity index (χ1n) is 6.73. The van der Waals surface area contributed by atoms with Gasteiger partial charge >= 0.3 is 0 Å². The van der Waals surface area contributed by atoms with Crippen LogP contribution in [0.3, 0.4) is 0 Å². The molecule has 0 aromatic carbocycles. The fraction of sp³-hybridized carbons (Fsp3) is 0.923. The number of unbranched alkanes of at least 4 members (excludes halogenated alkanes) is 5. The van der Waals surface area contributed by atoms with E-state index in [9.17, 15) is 4.79 Å². The van der Waals surface area contributed by atoms with Gasteiger partial charge in [0.1, 0.15) is 0 Å². The van der Waals surface area contributed by atoms with E-state index < -0.39 is 0 Å². The Morgan fingerprint density at radius 1 is 1.19 bits per heavy atom. The van der Waals surface area contributed by atoms with Crippen molar-refractivity contribution in [2.75, 3.05) is 6.54 Å². The Bertz CT molecular complexity index is 212. The molecule has 3 N–H and O–H groups in total. The second kappa shape index (κ2) is 6.89. The fourth-order valence-corrected chi connectivity index (χ4v) is 1.96. The molecule has 0 heterocycles. The molecule has 3 nitrogen and oxygen atoms in total. The van der Waals surface area contributed by atoms with E-state index in [0.29, 0.717) is 13.0 Å². The van der Waals surface area contributed by atoms with Gasteiger partial charge in [-0.2, -0.15) is 0 Å². The van der Waals surface area contributed by atoms with Crippen molar-refractivity contribution < 1.29 is 4.79 Å². The maximum absolute atomic E-state index is 11.6. The van der Waals surface area contributed by atoms with E-state index in [4.69, 9.17) is 5.73 Å². The largest absolute Gasteiger partial charge is 0.349 e. The number of nitrogens with two attached hydrogens (primary N) is 1. The monoisotopic (exact) mass is 226 g/mol. The van der Waals surface area contributed by atoms with Crippen LogP contribution in [-0.2, 0) is 4.79 Å². The molecule has 1 rings (SSSR count). The van der Waals surface area contributed by atoms with Gasteiger partial charge in [0.05, 0.1) is 5.54 Å². The summed E-state index contributed by atoms with van der Waals surface area (Å²) in [6.45, 7) is 2.81. The third-order valence-corrected chi connectivity index (χ3v) is 3.41. The summed E-state index contributed by atoms with van der Waals surface area (Å²) in [5, 5.41) is 3.06. The van der Waals surface area contributed by atoms with Crippen LogP contribution in [0, 0.1) is 0 Å². The van der Waals surface area contributed by atoms with Crippen molar-refractivity contribution in [3.8, 4) is 0 Å². The van der Waals surface area contributed by atoms with Crippen molar-refractivity contribution in [2.45, 2.75) is 70.3 Å². The number of carbonyl (C=O) groups excluding carboxylic acids is 1. The van der Waals surface area contributed by atoms with Gasteiger partial charge in [-0.25, -0.2) is 0 Å². The molecular weight excluding hydrogens is 200 g/mol. The van der Waals surface area contributed by atoms with E-state index in [2.05, 4.69) is 12.2 Å². The van der Waals surface area contributed by atoms with Gasteiger partial charge in [0.25, 0.3) is 0 Å². The summed E-state index contributed by atoms with van der Waals surface area (Å²) in [4.78, 5) is 11.6. The van der Waals surface area contributed by atoms with E-state index >= 15 is 0 Å². The number of rotatable bonds is 9. The molecule has 0 spiro atoms. The molecule has 3 heteroatoms. The van der Waals surface area contributed by atoms with Crippen LogP contribution < -0.4 is 11.1 Å². The molecule has 0 saturated heterocycles. The minimum Gasteiger partial charge on any atom is -0.349 e. The minimum atomic E-state index is -0.0146. The standard InChI is InChI=1S/C13H26N2O/c1-2-3-4-5-6-7-8-12(16)15-13(11-14)9-10-13/h2-11,14H2,1H3,(H,15,16). The lowest BCUT2D eigenvalue weighted by Crippen LogP contribution is -2.42. The normalized spacial score (nSPS) is 17.1. The predicted octanol–water partition coefficient (Wildman–Crippen LogP) is 2.34. The lowest BCUT2D eigenvalue weighted by atomic mass is 10.1. The summed E-state index contributed by atoms with van der Waals surface area (Å²) < 4.78 is 0. The first-order valence-corrected chi connectivity index (χ1v) is 6.73. The second-order valence-electron chi connectivity index (χ2n) is 5.05. The van der Waals surface area contributed by atoms with Crippen LogP contribution >= 0.6 is 0 Å². The zero-order valence-corrected chi connectivity index (χ0v) is 10.6. The molecule has 0 aliphatic heterocycles. The molecular formula is C13H26N2O. The fourth-order valence-electron chi connectivity index (χ4n) is 1.96. The third kappa shape index (κ3) is 4.97. The van der Waals surface area contributed by atoms with Gasteiger partial charge in [-0.3, -0.25) is 4.79 Å². The van der Waals surface area contributed by atoms with Gasteiger partial charge < -0.3 is 11.1 Å². The van der Waals surface area contributed by atoms with Crippen molar-refractivity contribution in [1.29, 1.82) is 0 Å². The highest BCUT2D eigenvalue weighted by Gasteiger charge is 2.42. The lowest BCUT2D eigenvalue weighted by Gasteiger charge is -2.14. The molecule has 0 bridgehead atoms. The molecule has 94 valence electrons. The molecule has 1 aliphatic rings. The Kier molecular flexibility index (Phi) is 5.81. The number of carbonyl (C=O) groups is 1. The van der Waals surface area contributed by atoms with Gasteiger partial charge in [-0.1, -0.05) is 39.0 Å². The Morgan fingerprint density at radius 2 is 1.81 bits per heavy atom. The highest BCUT2D eigenvalue weighted by atomic mass is 16.1. The second-order valence-corrected chi connectivity index (χ2v) is 5.05. The zero-order valence-electron chi connectivity index (χ0n) is 10.6. The summed E-state index contributed by atoms with van der Waals surface area (Å²) in [6.07, 6.45) is 10.2. The Labute approximate surface area is 99.2 Å². The molecule has 1 saturated carbocycles. The first-order chi connectivity index (χ1) is 7.72. The number of amides is 1. The summed E-state index contributed by atoms with van der Waals surface area (Å²) in [5.74, 6) is 0.193. The number of hydrogen-bond acceptors (Lipinski definition) is 2. The summed E-state index contributed by atoms with van der Waals surface area (Å²) in [7, 11) is 0. The number of hydrogen-bond donors (Lipinski definition) is 2. The Balaban J connectivity index is 1.94. The summed E-state index contributed by atoms with van der Waals surface area (Å²) >= 11 is 0. The van der Waals surface area contributed by atoms with Crippen molar-refractivity contribution in [1.82, 2.24) is 5.32 Å². The van der Waals surface area contributed by atoms with E-state index in [1.54, 1.807) is 0 Å². The highest BCUT2D eigenvalue weighted by Crippen LogP contribution is 2.33. The highest BCUT2D eigenvalue weighted by molar-refractivity contribution is 5.77. The third-order valence-electron chi connectivity index (χ3n) is 3.41. The van der Waals surface area contributed by atoms with Crippen LogP contribution in [0.15, 0.2) is 0 Å². The predicted molar refractivity (Wildman–Crippen MR) is 67.2 cm³/mol. The molecule has 0 aromatic rings. The van der Waals surface area contributed by atoms with Gasteiger partial charge in [-0.15, -0.1) is 0 Å². The van der Waals surface area contributed by atoms with Crippen LogP contribution in [0.1, 0.15) is 64.7 Å². The Morgan fingerprint density at radius 3 is 2.38 bits per heavy atom. The van der Waals surface area contributed by atoms with Gasteiger partial charge in [0.15, 0.2) is 0 Å². The summed E-state index contributed by atoms with van der Waals surface area (Å²) in [5.41, 5.74) is 5.60. The van der Waals surface area contributed by atoms with Crippen LogP contribution in [0.5, 0.6) is 0 Å². The van der Waals surface area contributed by atoms with Gasteiger partial charge in [0.2, 0.25) is 5.91 Å². The van der Waals surface area contributed by atoms with Crippen molar-refractivity contribution in [3.05, 3.63) is 0 Å². The molecule has 1 aliphatic carbocycles.